The number of amides is 1. The van der Waals surface area contributed by atoms with Crippen LogP contribution in [0.25, 0.3) is 11.3 Å². The van der Waals surface area contributed by atoms with E-state index in [1.165, 1.54) is 42.6 Å². The number of thiazole rings is 1. The lowest BCUT2D eigenvalue weighted by molar-refractivity contribution is 0.102. The molecular formula is C18H16FN3O3S2. The van der Waals surface area contributed by atoms with E-state index in [2.05, 4.69) is 15.0 Å². The number of nitrogens with one attached hydrogen (secondary N) is 2. The molecule has 1 aromatic heterocycles. The Balaban J connectivity index is 1.84. The zero-order valence-corrected chi connectivity index (χ0v) is 16.1. The summed E-state index contributed by atoms with van der Waals surface area (Å²) < 4.78 is 39.1. The molecule has 9 heteroatoms. The van der Waals surface area contributed by atoms with Crippen LogP contribution in [0.1, 0.15) is 15.9 Å². The summed E-state index contributed by atoms with van der Waals surface area (Å²) in [5, 5.41) is 4.79. The van der Waals surface area contributed by atoms with Gasteiger partial charge < -0.3 is 0 Å². The van der Waals surface area contributed by atoms with Crippen molar-refractivity contribution in [1.82, 2.24) is 9.71 Å². The van der Waals surface area contributed by atoms with Gasteiger partial charge >= 0.3 is 0 Å². The van der Waals surface area contributed by atoms with E-state index in [0.717, 1.165) is 5.56 Å². The van der Waals surface area contributed by atoms with Gasteiger partial charge in [0.15, 0.2) is 5.13 Å². The fourth-order valence-electron chi connectivity index (χ4n) is 2.38. The summed E-state index contributed by atoms with van der Waals surface area (Å²) in [7, 11) is -2.35. The highest BCUT2D eigenvalue weighted by atomic mass is 32.2. The molecular weight excluding hydrogens is 389 g/mol. The Morgan fingerprint density at radius 1 is 1.15 bits per heavy atom. The molecule has 140 valence electrons. The van der Waals surface area contributed by atoms with Crippen molar-refractivity contribution in [3.63, 3.8) is 0 Å². The van der Waals surface area contributed by atoms with Gasteiger partial charge in [-0.3, -0.25) is 10.1 Å². The molecule has 3 aromatic rings. The maximum absolute atomic E-state index is 13.0. The predicted octanol–water partition coefficient (Wildman–Crippen LogP) is 3.42. The first-order valence-corrected chi connectivity index (χ1v) is 10.2. The molecule has 2 N–H and O–H groups in total. The Morgan fingerprint density at radius 3 is 2.52 bits per heavy atom. The standard InChI is InChI=1S/C18H16FN3O3S2/c1-11-3-8-14(27(24,25)20-2)9-15(11)17(23)22-18-21-16(10-26-18)12-4-6-13(19)7-5-12/h3-10,20H,1-2H3,(H,21,22,23). The van der Waals surface area contributed by atoms with Crippen LogP contribution in [0.2, 0.25) is 0 Å². The number of halogens is 1. The Labute approximate surface area is 160 Å². The van der Waals surface area contributed by atoms with Gasteiger partial charge in [-0.2, -0.15) is 0 Å². The summed E-state index contributed by atoms with van der Waals surface area (Å²) in [6, 6.07) is 10.2. The molecule has 0 fully saturated rings. The van der Waals surface area contributed by atoms with E-state index < -0.39 is 15.9 Å². The summed E-state index contributed by atoms with van der Waals surface area (Å²) in [6.07, 6.45) is 0. The normalized spacial score (nSPS) is 11.4. The lowest BCUT2D eigenvalue weighted by Crippen LogP contribution is -2.20. The van der Waals surface area contributed by atoms with Crippen LogP contribution < -0.4 is 10.0 Å². The topological polar surface area (TPSA) is 88.2 Å². The van der Waals surface area contributed by atoms with Gasteiger partial charge in [0.25, 0.3) is 5.91 Å². The SMILES string of the molecule is CNS(=O)(=O)c1ccc(C)c(C(=O)Nc2nc(-c3ccc(F)cc3)cs2)c1. The first-order chi connectivity index (χ1) is 12.8. The lowest BCUT2D eigenvalue weighted by atomic mass is 10.1. The summed E-state index contributed by atoms with van der Waals surface area (Å²) in [6.45, 7) is 1.72. The van der Waals surface area contributed by atoms with Crippen molar-refractivity contribution in [1.29, 1.82) is 0 Å². The fourth-order valence-corrected chi connectivity index (χ4v) is 3.85. The first-order valence-electron chi connectivity index (χ1n) is 7.87. The van der Waals surface area contributed by atoms with Gasteiger partial charge in [-0.05, 0) is 55.9 Å². The van der Waals surface area contributed by atoms with Crippen LogP contribution >= 0.6 is 11.3 Å². The quantitative estimate of drug-likeness (QED) is 0.681. The highest BCUT2D eigenvalue weighted by Crippen LogP contribution is 2.26. The van der Waals surface area contributed by atoms with Crippen molar-refractivity contribution in [2.45, 2.75) is 11.8 Å². The highest BCUT2D eigenvalue weighted by molar-refractivity contribution is 7.89. The molecule has 1 amide bonds. The van der Waals surface area contributed by atoms with Gasteiger partial charge in [-0.15, -0.1) is 11.3 Å². The third-order valence-electron chi connectivity index (χ3n) is 3.90. The van der Waals surface area contributed by atoms with Crippen molar-refractivity contribution < 1.29 is 17.6 Å². The van der Waals surface area contributed by atoms with Crippen molar-refractivity contribution in [2.24, 2.45) is 0 Å². The van der Waals surface area contributed by atoms with Crippen molar-refractivity contribution in [3.05, 3.63) is 64.8 Å². The summed E-state index contributed by atoms with van der Waals surface area (Å²) in [4.78, 5) is 16.9. The fraction of sp³-hybridized carbons (Fsp3) is 0.111. The molecule has 2 aromatic carbocycles. The van der Waals surface area contributed by atoms with E-state index in [9.17, 15) is 17.6 Å². The molecule has 0 saturated carbocycles. The van der Waals surface area contributed by atoms with Crippen molar-refractivity contribution in [2.75, 3.05) is 12.4 Å². The summed E-state index contributed by atoms with van der Waals surface area (Å²) in [5.41, 5.74) is 2.22. The van der Waals surface area contributed by atoms with E-state index in [0.29, 0.717) is 16.4 Å². The Kier molecular flexibility index (Phi) is 5.36. The van der Waals surface area contributed by atoms with Gasteiger partial charge in [0.1, 0.15) is 5.82 Å². The van der Waals surface area contributed by atoms with Crippen LogP contribution in [0.4, 0.5) is 9.52 Å². The van der Waals surface area contributed by atoms with Gasteiger partial charge in [-0.1, -0.05) is 6.07 Å². The molecule has 0 aliphatic rings. The molecule has 3 rings (SSSR count). The highest BCUT2D eigenvalue weighted by Gasteiger charge is 2.17. The number of benzene rings is 2. The first kappa shape index (κ1) is 19.2. The summed E-state index contributed by atoms with van der Waals surface area (Å²) >= 11 is 1.22. The number of anilines is 1. The van der Waals surface area contributed by atoms with Gasteiger partial charge in [0.2, 0.25) is 10.0 Å². The van der Waals surface area contributed by atoms with E-state index in [-0.39, 0.29) is 16.3 Å². The maximum Gasteiger partial charge on any atom is 0.257 e. The maximum atomic E-state index is 13.0. The zero-order chi connectivity index (χ0) is 19.6. The molecule has 6 nitrogen and oxygen atoms in total. The number of carbonyl (C=O) groups is 1. The smallest absolute Gasteiger partial charge is 0.257 e. The molecule has 0 bridgehead atoms. The van der Waals surface area contributed by atoms with E-state index >= 15 is 0 Å². The second-order valence-electron chi connectivity index (χ2n) is 5.68. The molecule has 0 spiro atoms. The number of rotatable bonds is 5. The third kappa shape index (κ3) is 4.21. The van der Waals surface area contributed by atoms with E-state index in [4.69, 9.17) is 0 Å². The Morgan fingerprint density at radius 2 is 1.85 bits per heavy atom. The van der Waals surface area contributed by atoms with Crippen LogP contribution in [0, 0.1) is 12.7 Å². The number of hydrogen-bond acceptors (Lipinski definition) is 5. The largest absolute Gasteiger partial charge is 0.298 e. The van der Waals surface area contributed by atoms with Gasteiger partial charge in [-0.25, -0.2) is 22.5 Å². The van der Waals surface area contributed by atoms with Crippen LogP contribution in [0.15, 0.2) is 52.7 Å². The van der Waals surface area contributed by atoms with E-state index in [1.807, 2.05) is 0 Å². The monoisotopic (exact) mass is 405 g/mol. The number of aryl methyl sites for hydroxylation is 1. The number of aromatic nitrogens is 1. The second kappa shape index (κ2) is 7.55. The third-order valence-corrected chi connectivity index (χ3v) is 6.07. The molecule has 1 heterocycles. The van der Waals surface area contributed by atoms with Crippen LogP contribution in [0.5, 0.6) is 0 Å². The molecule has 0 atom stereocenters. The van der Waals surface area contributed by atoms with Crippen molar-refractivity contribution in [3.8, 4) is 11.3 Å². The Hall–Kier alpha value is -2.62. The minimum Gasteiger partial charge on any atom is -0.298 e. The molecule has 0 unspecified atom stereocenters. The number of carbonyl (C=O) groups excluding carboxylic acids is 1. The van der Waals surface area contributed by atoms with Gasteiger partial charge in [0, 0.05) is 16.5 Å². The number of nitrogens with zero attached hydrogens (tertiary/aromatic N) is 1. The molecule has 27 heavy (non-hydrogen) atoms. The van der Waals surface area contributed by atoms with E-state index in [1.54, 1.807) is 30.5 Å². The average Bonchev–Trinajstić information content (AvgIpc) is 3.10. The molecule has 0 saturated heterocycles. The minimum atomic E-state index is -3.65. The van der Waals surface area contributed by atoms with Crippen molar-refractivity contribution >= 4 is 32.4 Å². The van der Waals surface area contributed by atoms with Gasteiger partial charge in [0.05, 0.1) is 10.6 Å². The number of hydrogen-bond donors (Lipinski definition) is 2. The molecule has 0 aliphatic carbocycles. The van der Waals surface area contributed by atoms with Crippen LogP contribution in [-0.2, 0) is 10.0 Å². The zero-order valence-electron chi connectivity index (χ0n) is 14.5. The summed E-state index contributed by atoms with van der Waals surface area (Å²) in [5.74, 6) is -0.796. The van der Waals surface area contributed by atoms with Crippen LogP contribution in [-0.4, -0.2) is 26.4 Å². The predicted molar refractivity (Wildman–Crippen MR) is 103 cm³/mol. The Bertz CT molecular complexity index is 1090. The number of sulfonamides is 1. The van der Waals surface area contributed by atoms with Crippen LogP contribution in [0.3, 0.4) is 0 Å². The average molecular weight is 405 g/mol. The second-order valence-corrected chi connectivity index (χ2v) is 8.43. The molecule has 0 radical (unpaired) electrons. The lowest BCUT2D eigenvalue weighted by Gasteiger charge is -2.08. The minimum absolute atomic E-state index is 0.00638. The molecule has 0 aliphatic heterocycles.